The summed E-state index contributed by atoms with van der Waals surface area (Å²) in [6, 6.07) is 16.0. The summed E-state index contributed by atoms with van der Waals surface area (Å²) >= 11 is 6.05. The Morgan fingerprint density at radius 2 is 1.56 bits per heavy atom. The second kappa shape index (κ2) is 11.0. The van der Waals surface area contributed by atoms with E-state index in [0.717, 1.165) is 38.0 Å². The molecule has 6 heteroatoms. The molecule has 1 unspecified atom stereocenters. The van der Waals surface area contributed by atoms with Crippen LogP contribution in [0.4, 0.5) is 0 Å². The zero-order valence-electron chi connectivity index (χ0n) is 18.5. The molecular weight excluding hydrogens is 422 g/mol. The van der Waals surface area contributed by atoms with Crippen LogP contribution in [0.25, 0.3) is 0 Å². The van der Waals surface area contributed by atoms with Gasteiger partial charge in [-0.1, -0.05) is 48.0 Å². The van der Waals surface area contributed by atoms with Crippen molar-refractivity contribution in [1.29, 1.82) is 0 Å². The van der Waals surface area contributed by atoms with Crippen molar-refractivity contribution in [3.8, 4) is 0 Å². The lowest BCUT2D eigenvalue weighted by Gasteiger charge is -2.20. The molecule has 5 nitrogen and oxygen atoms in total. The van der Waals surface area contributed by atoms with E-state index in [0.29, 0.717) is 18.0 Å². The first-order valence-electron chi connectivity index (χ1n) is 11.7. The van der Waals surface area contributed by atoms with Gasteiger partial charge in [0.1, 0.15) is 0 Å². The Kier molecular flexibility index (Phi) is 7.82. The minimum Gasteiger partial charge on any atom is -0.355 e. The lowest BCUT2D eigenvalue weighted by atomic mass is 9.91. The maximum Gasteiger partial charge on any atom is 0.220 e. The predicted octanol–water partition coefficient (Wildman–Crippen LogP) is 3.70. The highest BCUT2D eigenvalue weighted by Crippen LogP contribution is 2.26. The van der Waals surface area contributed by atoms with Crippen molar-refractivity contribution in [3.05, 3.63) is 70.2 Å². The lowest BCUT2D eigenvalue weighted by molar-refractivity contribution is -0.123. The highest BCUT2D eigenvalue weighted by atomic mass is 35.5. The summed E-state index contributed by atoms with van der Waals surface area (Å²) in [7, 11) is 0. The first-order valence-corrected chi connectivity index (χ1v) is 12.1. The van der Waals surface area contributed by atoms with Gasteiger partial charge in [-0.15, -0.1) is 0 Å². The molecular formula is C26H32ClN3O2. The van der Waals surface area contributed by atoms with Crippen LogP contribution in [-0.4, -0.2) is 48.9 Å². The summed E-state index contributed by atoms with van der Waals surface area (Å²) < 4.78 is 0. The van der Waals surface area contributed by atoms with Gasteiger partial charge in [0.2, 0.25) is 11.8 Å². The SMILES string of the molecule is O=C(CC(CC(=O)NC1Cc2ccccc2C1)c1ccc(Cl)cc1)NCCN1CCCC1. The van der Waals surface area contributed by atoms with Crippen molar-refractivity contribution in [2.24, 2.45) is 0 Å². The van der Waals surface area contributed by atoms with Gasteiger partial charge in [-0.2, -0.15) is 0 Å². The minimum atomic E-state index is -0.178. The van der Waals surface area contributed by atoms with E-state index >= 15 is 0 Å². The van der Waals surface area contributed by atoms with E-state index in [1.165, 1.54) is 24.0 Å². The largest absolute Gasteiger partial charge is 0.355 e. The third-order valence-corrected chi connectivity index (χ3v) is 6.82. The molecule has 2 amide bonds. The molecule has 0 saturated carbocycles. The van der Waals surface area contributed by atoms with Crippen LogP contribution in [0.5, 0.6) is 0 Å². The van der Waals surface area contributed by atoms with Crippen LogP contribution in [0.1, 0.15) is 48.3 Å². The Balaban J connectivity index is 1.32. The highest BCUT2D eigenvalue weighted by molar-refractivity contribution is 6.30. The number of amides is 2. The summed E-state index contributed by atoms with van der Waals surface area (Å²) in [6.45, 7) is 3.78. The van der Waals surface area contributed by atoms with Gasteiger partial charge in [-0.3, -0.25) is 9.59 Å². The number of fused-ring (bicyclic) bond motifs is 1. The van der Waals surface area contributed by atoms with Gasteiger partial charge < -0.3 is 15.5 Å². The summed E-state index contributed by atoms with van der Waals surface area (Å²) in [4.78, 5) is 27.9. The van der Waals surface area contributed by atoms with Gasteiger partial charge in [-0.05, 0) is 67.6 Å². The number of carbonyl (C=O) groups excluding carboxylic acids is 2. The molecule has 1 aliphatic carbocycles. The van der Waals surface area contributed by atoms with E-state index < -0.39 is 0 Å². The van der Waals surface area contributed by atoms with Crippen LogP contribution >= 0.6 is 11.6 Å². The summed E-state index contributed by atoms with van der Waals surface area (Å²) in [5.74, 6) is -0.194. The molecule has 0 aromatic heterocycles. The van der Waals surface area contributed by atoms with Gasteiger partial charge >= 0.3 is 0 Å². The Morgan fingerprint density at radius 1 is 0.938 bits per heavy atom. The normalized spacial score (nSPS) is 17.2. The van der Waals surface area contributed by atoms with Crippen LogP contribution in [0.15, 0.2) is 48.5 Å². The van der Waals surface area contributed by atoms with Crippen LogP contribution in [0.3, 0.4) is 0 Å². The van der Waals surface area contributed by atoms with Gasteiger partial charge in [0, 0.05) is 42.9 Å². The topological polar surface area (TPSA) is 61.4 Å². The quantitative estimate of drug-likeness (QED) is 0.608. The number of carbonyl (C=O) groups is 2. The van der Waals surface area contributed by atoms with Crippen LogP contribution in [-0.2, 0) is 22.4 Å². The molecule has 4 rings (SSSR count). The van der Waals surface area contributed by atoms with E-state index in [1.807, 2.05) is 36.4 Å². The van der Waals surface area contributed by atoms with E-state index in [9.17, 15) is 9.59 Å². The second-order valence-electron chi connectivity index (χ2n) is 9.00. The zero-order valence-corrected chi connectivity index (χ0v) is 19.2. The molecule has 0 radical (unpaired) electrons. The molecule has 0 bridgehead atoms. The van der Waals surface area contributed by atoms with Gasteiger partial charge in [-0.25, -0.2) is 0 Å². The number of nitrogens with zero attached hydrogens (tertiary/aromatic N) is 1. The molecule has 1 saturated heterocycles. The number of likely N-dealkylation sites (tertiary alicyclic amines) is 1. The molecule has 2 aromatic carbocycles. The molecule has 1 heterocycles. The average Bonchev–Trinajstić information content (AvgIpc) is 3.43. The average molecular weight is 454 g/mol. The van der Waals surface area contributed by atoms with E-state index in [-0.39, 0.29) is 30.2 Å². The highest BCUT2D eigenvalue weighted by Gasteiger charge is 2.25. The van der Waals surface area contributed by atoms with Crippen molar-refractivity contribution in [3.63, 3.8) is 0 Å². The number of benzene rings is 2. The molecule has 32 heavy (non-hydrogen) atoms. The predicted molar refractivity (Wildman–Crippen MR) is 128 cm³/mol. The van der Waals surface area contributed by atoms with Crippen LogP contribution < -0.4 is 10.6 Å². The molecule has 1 atom stereocenters. The summed E-state index contributed by atoms with van der Waals surface area (Å²) in [5, 5.41) is 6.88. The van der Waals surface area contributed by atoms with Gasteiger partial charge in [0.25, 0.3) is 0 Å². The smallest absolute Gasteiger partial charge is 0.220 e. The van der Waals surface area contributed by atoms with Crippen LogP contribution in [0.2, 0.25) is 5.02 Å². The van der Waals surface area contributed by atoms with Crippen LogP contribution in [0, 0.1) is 0 Å². The molecule has 2 aromatic rings. The van der Waals surface area contributed by atoms with Crippen molar-refractivity contribution in [2.45, 2.75) is 50.5 Å². The minimum absolute atomic E-state index is 0.00683. The maximum absolute atomic E-state index is 12.9. The van der Waals surface area contributed by atoms with E-state index in [1.54, 1.807) is 0 Å². The molecule has 2 N–H and O–H groups in total. The standard InChI is InChI=1S/C26H32ClN3O2/c27-23-9-7-19(8-10-23)22(17-25(31)28-11-14-30-12-3-4-13-30)18-26(32)29-24-15-20-5-1-2-6-21(20)16-24/h1-2,5-10,22,24H,3-4,11-18H2,(H,28,31)(H,29,32). The Morgan fingerprint density at radius 3 is 2.22 bits per heavy atom. The van der Waals surface area contributed by atoms with Crippen molar-refractivity contribution >= 4 is 23.4 Å². The second-order valence-corrected chi connectivity index (χ2v) is 9.43. The number of halogens is 1. The number of hydrogen-bond acceptors (Lipinski definition) is 3. The zero-order chi connectivity index (χ0) is 22.3. The molecule has 170 valence electrons. The fourth-order valence-corrected chi connectivity index (χ4v) is 5.00. The van der Waals surface area contributed by atoms with Crippen molar-refractivity contribution in [1.82, 2.24) is 15.5 Å². The van der Waals surface area contributed by atoms with E-state index in [4.69, 9.17) is 11.6 Å². The Bertz CT molecular complexity index is 900. The van der Waals surface area contributed by atoms with Gasteiger partial charge in [0.05, 0.1) is 0 Å². The molecule has 2 aliphatic rings. The summed E-state index contributed by atoms with van der Waals surface area (Å²) in [5.41, 5.74) is 3.59. The molecule has 0 spiro atoms. The third kappa shape index (κ3) is 6.33. The first kappa shape index (κ1) is 22.8. The Hall–Kier alpha value is -2.37. The van der Waals surface area contributed by atoms with Crippen molar-refractivity contribution < 1.29 is 9.59 Å². The number of nitrogens with one attached hydrogen (secondary N) is 2. The number of hydrogen-bond donors (Lipinski definition) is 2. The first-order chi connectivity index (χ1) is 15.6. The van der Waals surface area contributed by atoms with Gasteiger partial charge in [0.15, 0.2) is 0 Å². The fraction of sp³-hybridized carbons (Fsp3) is 0.462. The maximum atomic E-state index is 12.9. The molecule has 1 fully saturated rings. The molecule has 1 aliphatic heterocycles. The van der Waals surface area contributed by atoms with Crippen molar-refractivity contribution in [2.75, 3.05) is 26.2 Å². The lowest BCUT2D eigenvalue weighted by Crippen LogP contribution is -2.37. The Labute approximate surface area is 195 Å². The summed E-state index contributed by atoms with van der Waals surface area (Å²) in [6.07, 6.45) is 4.80. The fourth-order valence-electron chi connectivity index (χ4n) is 4.87. The third-order valence-electron chi connectivity index (χ3n) is 6.57. The van der Waals surface area contributed by atoms with E-state index in [2.05, 4.69) is 27.7 Å². The monoisotopic (exact) mass is 453 g/mol. The number of rotatable bonds is 9.